The van der Waals surface area contributed by atoms with Crippen molar-refractivity contribution in [2.45, 2.75) is 51.2 Å². The van der Waals surface area contributed by atoms with Crippen molar-refractivity contribution in [2.75, 3.05) is 6.61 Å². The largest absolute Gasteiger partial charge is 0.370 e. The summed E-state index contributed by atoms with van der Waals surface area (Å²) in [5.41, 5.74) is 5.67. The van der Waals surface area contributed by atoms with Gasteiger partial charge >= 0.3 is 0 Å². The van der Waals surface area contributed by atoms with E-state index in [1.165, 1.54) is 12.8 Å². The molecule has 5 heteroatoms. The Morgan fingerprint density at radius 1 is 1.56 bits per heavy atom. The van der Waals surface area contributed by atoms with E-state index >= 15 is 0 Å². The topological polar surface area (TPSA) is 74.2 Å². The molecule has 0 amide bonds. The molecule has 1 fully saturated rings. The Kier molecular flexibility index (Phi) is 3.25. The third-order valence-electron chi connectivity index (χ3n) is 2.89. The maximum atomic E-state index is 5.95. The van der Waals surface area contributed by atoms with Crippen LogP contribution in [0.2, 0.25) is 0 Å². The molecular formula is C11H19N3O2. The molecule has 1 aliphatic carbocycles. The highest BCUT2D eigenvalue weighted by molar-refractivity contribution is 5.02. The van der Waals surface area contributed by atoms with Crippen molar-refractivity contribution >= 4 is 0 Å². The minimum absolute atomic E-state index is 0.278. The fraction of sp³-hybridized carbons (Fsp3) is 0.818. The summed E-state index contributed by atoms with van der Waals surface area (Å²) in [7, 11) is 0. The van der Waals surface area contributed by atoms with Crippen LogP contribution in [0, 0.1) is 0 Å². The van der Waals surface area contributed by atoms with Gasteiger partial charge in [-0.15, -0.1) is 0 Å². The van der Waals surface area contributed by atoms with E-state index in [9.17, 15) is 0 Å². The van der Waals surface area contributed by atoms with Gasteiger partial charge in [-0.25, -0.2) is 0 Å². The molecule has 0 aliphatic heterocycles. The highest BCUT2D eigenvalue weighted by atomic mass is 16.5. The second kappa shape index (κ2) is 4.51. The Morgan fingerprint density at radius 3 is 2.94 bits per heavy atom. The van der Waals surface area contributed by atoms with Gasteiger partial charge in [0.25, 0.3) is 5.89 Å². The van der Waals surface area contributed by atoms with Crippen LogP contribution in [-0.4, -0.2) is 22.3 Å². The van der Waals surface area contributed by atoms with Crippen LogP contribution in [0.1, 0.15) is 50.7 Å². The van der Waals surface area contributed by atoms with E-state index in [-0.39, 0.29) is 5.54 Å². The zero-order chi connectivity index (χ0) is 11.6. The van der Waals surface area contributed by atoms with Gasteiger partial charge in [0.1, 0.15) is 6.61 Å². The van der Waals surface area contributed by atoms with Gasteiger partial charge in [0.05, 0.1) is 6.61 Å². The average molecular weight is 225 g/mol. The number of nitrogens with zero attached hydrogens (tertiary/aromatic N) is 2. The van der Waals surface area contributed by atoms with Crippen molar-refractivity contribution in [1.29, 1.82) is 0 Å². The molecule has 16 heavy (non-hydrogen) atoms. The van der Waals surface area contributed by atoms with Gasteiger partial charge in [0.15, 0.2) is 5.82 Å². The Labute approximate surface area is 95.3 Å². The van der Waals surface area contributed by atoms with E-state index in [2.05, 4.69) is 10.1 Å². The number of hydrogen-bond donors (Lipinski definition) is 1. The van der Waals surface area contributed by atoms with Crippen molar-refractivity contribution in [3.05, 3.63) is 11.7 Å². The molecule has 1 unspecified atom stereocenters. The van der Waals surface area contributed by atoms with E-state index in [0.717, 1.165) is 12.2 Å². The predicted octanol–water partition coefficient (Wildman–Crippen LogP) is 1.59. The molecule has 2 rings (SSSR count). The molecule has 0 aromatic carbocycles. The maximum absolute atomic E-state index is 5.95. The molecule has 1 aromatic heterocycles. The number of aromatic nitrogens is 2. The quantitative estimate of drug-likeness (QED) is 0.795. The number of ether oxygens (including phenoxy) is 1. The summed E-state index contributed by atoms with van der Waals surface area (Å²) in [5, 5.41) is 3.92. The number of hydrogen-bond acceptors (Lipinski definition) is 5. The molecule has 2 N–H and O–H groups in total. The lowest BCUT2D eigenvalue weighted by atomic mass is 10.0. The third-order valence-corrected chi connectivity index (χ3v) is 2.89. The number of nitrogens with two attached hydrogens (primary N) is 1. The number of rotatable bonds is 6. The van der Waals surface area contributed by atoms with Gasteiger partial charge in [0, 0.05) is 11.5 Å². The van der Waals surface area contributed by atoms with E-state index in [4.69, 9.17) is 15.0 Å². The molecule has 1 saturated carbocycles. The molecule has 0 saturated heterocycles. The molecule has 90 valence electrons. The lowest BCUT2D eigenvalue weighted by Gasteiger charge is -2.21. The van der Waals surface area contributed by atoms with Crippen LogP contribution >= 0.6 is 0 Å². The van der Waals surface area contributed by atoms with Gasteiger partial charge in [-0.1, -0.05) is 12.1 Å². The first-order valence-corrected chi connectivity index (χ1v) is 5.80. The first-order valence-electron chi connectivity index (χ1n) is 5.80. The highest BCUT2D eigenvalue weighted by Crippen LogP contribution is 2.38. The van der Waals surface area contributed by atoms with Crippen LogP contribution in [0.15, 0.2) is 4.52 Å². The van der Waals surface area contributed by atoms with Gasteiger partial charge < -0.3 is 15.0 Å². The normalized spacial score (nSPS) is 19.7. The van der Waals surface area contributed by atoms with Gasteiger partial charge in [-0.3, -0.25) is 0 Å². The summed E-state index contributed by atoms with van der Waals surface area (Å²) in [4.78, 5) is 4.27. The third kappa shape index (κ3) is 3.02. The molecule has 0 radical (unpaired) electrons. The smallest absolute Gasteiger partial charge is 0.252 e. The summed E-state index contributed by atoms with van der Waals surface area (Å²) < 4.78 is 10.6. The average Bonchev–Trinajstić information content (AvgIpc) is 3.00. The fourth-order valence-electron chi connectivity index (χ4n) is 1.31. The summed E-state index contributed by atoms with van der Waals surface area (Å²) in [6.07, 6.45) is 3.23. The molecule has 1 aromatic rings. The SMILES string of the molecule is CCC(C)(N)COCc1nc(C2CC2)no1. The van der Waals surface area contributed by atoms with Crippen molar-refractivity contribution < 1.29 is 9.26 Å². The first-order chi connectivity index (χ1) is 7.61. The van der Waals surface area contributed by atoms with Gasteiger partial charge in [0.2, 0.25) is 0 Å². The second-order valence-electron chi connectivity index (χ2n) is 4.82. The van der Waals surface area contributed by atoms with Crippen LogP contribution in [0.5, 0.6) is 0 Å². The van der Waals surface area contributed by atoms with Crippen molar-refractivity contribution in [3.63, 3.8) is 0 Å². The Hall–Kier alpha value is -0.940. The van der Waals surface area contributed by atoms with Crippen LogP contribution in [0.4, 0.5) is 0 Å². The zero-order valence-electron chi connectivity index (χ0n) is 9.90. The van der Waals surface area contributed by atoms with E-state index in [1.54, 1.807) is 0 Å². The molecule has 5 nitrogen and oxygen atoms in total. The second-order valence-corrected chi connectivity index (χ2v) is 4.82. The van der Waals surface area contributed by atoms with Crippen LogP contribution in [0.3, 0.4) is 0 Å². The predicted molar refractivity (Wildman–Crippen MR) is 58.8 cm³/mol. The molecule has 1 heterocycles. The maximum Gasteiger partial charge on any atom is 0.252 e. The zero-order valence-corrected chi connectivity index (χ0v) is 9.90. The van der Waals surface area contributed by atoms with Crippen LogP contribution in [-0.2, 0) is 11.3 Å². The van der Waals surface area contributed by atoms with Crippen molar-refractivity contribution in [2.24, 2.45) is 5.73 Å². The summed E-state index contributed by atoms with van der Waals surface area (Å²) in [5.74, 6) is 1.89. The van der Waals surface area contributed by atoms with Gasteiger partial charge in [-0.2, -0.15) is 4.98 Å². The molecule has 1 atom stereocenters. The minimum atomic E-state index is -0.278. The van der Waals surface area contributed by atoms with E-state index in [0.29, 0.717) is 25.0 Å². The summed E-state index contributed by atoms with van der Waals surface area (Å²) in [6.45, 7) is 4.87. The first kappa shape index (κ1) is 11.5. The van der Waals surface area contributed by atoms with E-state index in [1.807, 2.05) is 13.8 Å². The van der Waals surface area contributed by atoms with Crippen LogP contribution < -0.4 is 5.73 Å². The van der Waals surface area contributed by atoms with Crippen LogP contribution in [0.25, 0.3) is 0 Å². The lowest BCUT2D eigenvalue weighted by molar-refractivity contribution is 0.0611. The van der Waals surface area contributed by atoms with Gasteiger partial charge in [-0.05, 0) is 26.2 Å². The molecule has 0 bridgehead atoms. The Balaban J connectivity index is 1.76. The van der Waals surface area contributed by atoms with Crippen molar-refractivity contribution in [3.8, 4) is 0 Å². The Morgan fingerprint density at radius 2 is 2.31 bits per heavy atom. The molecule has 0 spiro atoms. The summed E-state index contributed by atoms with van der Waals surface area (Å²) in [6, 6.07) is 0. The monoisotopic (exact) mass is 225 g/mol. The highest BCUT2D eigenvalue weighted by Gasteiger charge is 2.28. The Bertz CT molecular complexity index is 345. The molecule has 1 aliphatic rings. The summed E-state index contributed by atoms with van der Waals surface area (Å²) >= 11 is 0. The fourth-order valence-corrected chi connectivity index (χ4v) is 1.31. The van der Waals surface area contributed by atoms with Crippen molar-refractivity contribution in [1.82, 2.24) is 10.1 Å². The lowest BCUT2D eigenvalue weighted by Crippen LogP contribution is -2.40. The standard InChI is InChI=1S/C11H19N3O2/c1-3-11(2,12)7-15-6-9-13-10(14-16-9)8-4-5-8/h8H,3-7,12H2,1-2H3. The van der Waals surface area contributed by atoms with E-state index < -0.39 is 0 Å². The molecular weight excluding hydrogens is 206 g/mol. The minimum Gasteiger partial charge on any atom is -0.370 e.